The Morgan fingerprint density at radius 2 is 1.76 bits per heavy atom. The summed E-state index contributed by atoms with van der Waals surface area (Å²) in [7, 11) is 0. The van der Waals surface area contributed by atoms with E-state index >= 15 is 0 Å². The molecule has 10 heteroatoms. The summed E-state index contributed by atoms with van der Waals surface area (Å²) in [4.78, 5) is 35.8. The van der Waals surface area contributed by atoms with Gasteiger partial charge in [-0.2, -0.15) is 13.2 Å². The van der Waals surface area contributed by atoms with Crippen LogP contribution < -0.4 is 10.6 Å². The molecule has 2 aromatic carbocycles. The van der Waals surface area contributed by atoms with Crippen molar-refractivity contribution in [2.75, 3.05) is 11.9 Å². The summed E-state index contributed by atoms with van der Waals surface area (Å²) >= 11 is 5.78. The standard InChI is InChI=1S/C19H16ClF3N2O4/c1-11(24-17(27)12-5-3-2-4-6-12)18(28)29-10-16(26)25-15-9-13(19(21,22)23)7-8-14(15)20/h2-9,11H,10H2,1H3,(H,24,27)(H,25,26). The molecule has 1 unspecified atom stereocenters. The van der Waals surface area contributed by atoms with Crippen LogP contribution >= 0.6 is 11.6 Å². The van der Waals surface area contributed by atoms with Crippen molar-refractivity contribution >= 4 is 35.1 Å². The second-order valence-electron chi connectivity index (χ2n) is 5.91. The van der Waals surface area contributed by atoms with E-state index < -0.39 is 42.2 Å². The SMILES string of the molecule is CC(NC(=O)c1ccccc1)C(=O)OCC(=O)Nc1cc(C(F)(F)F)ccc1Cl. The van der Waals surface area contributed by atoms with Crippen molar-refractivity contribution in [1.82, 2.24) is 5.32 Å². The van der Waals surface area contributed by atoms with Gasteiger partial charge in [0.1, 0.15) is 6.04 Å². The molecule has 0 heterocycles. The molecule has 0 saturated heterocycles. The Balaban J connectivity index is 1.89. The van der Waals surface area contributed by atoms with E-state index in [0.29, 0.717) is 11.6 Å². The number of carbonyl (C=O) groups is 3. The number of nitrogens with one attached hydrogen (secondary N) is 2. The van der Waals surface area contributed by atoms with E-state index in [-0.39, 0.29) is 10.7 Å². The second-order valence-corrected chi connectivity index (χ2v) is 6.32. The lowest BCUT2D eigenvalue weighted by Gasteiger charge is -2.14. The number of alkyl halides is 3. The van der Waals surface area contributed by atoms with E-state index in [4.69, 9.17) is 16.3 Å². The van der Waals surface area contributed by atoms with Crippen LogP contribution in [0.15, 0.2) is 48.5 Å². The summed E-state index contributed by atoms with van der Waals surface area (Å²) in [5.74, 6) is -2.28. The minimum absolute atomic E-state index is 0.110. The topological polar surface area (TPSA) is 84.5 Å². The fraction of sp³-hybridized carbons (Fsp3) is 0.211. The molecule has 0 fully saturated rings. The zero-order valence-electron chi connectivity index (χ0n) is 15.0. The molecule has 2 rings (SSSR count). The van der Waals surface area contributed by atoms with Gasteiger partial charge in [-0.3, -0.25) is 9.59 Å². The largest absolute Gasteiger partial charge is 0.454 e. The number of hydrogen-bond donors (Lipinski definition) is 2. The molecule has 29 heavy (non-hydrogen) atoms. The predicted octanol–water partition coefficient (Wildman–Crippen LogP) is 3.66. The normalized spacial score (nSPS) is 12.0. The number of benzene rings is 2. The van der Waals surface area contributed by atoms with Gasteiger partial charge in [0.25, 0.3) is 11.8 Å². The smallest absolute Gasteiger partial charge is 0.416 e. The number of esters is 1. The Kier molecular flexibility index (Phi) is 7.22. The predicted molar refractivity (Wildman–Crippen MR) is 99.4 cm³/mol. The third-order valence-electron chi connectivity index (χ3n) is 3.65. The quantitative estimate of drug-likeness (QED) is 0.688. The molecule has 0 radical (unpaired) electrons. The highest BCUT2D eigenvalue weighted by molar-refractivity contribution is 6.33. The number of rotatable bonds is 6. The third kappa shape index (κ3) is 6.49. The van der Waals surface area contributed by atoms with Gasteiger partial charge in [-0.15, -0.1) is 0 Å². The van der Waals surface area contributed by atoms with Gasteiger partial charge in [0.05, 0.1) is 16.3 Å². The molecule has 0 aliphatic heterocycles. The summed E-state index contributed by atoms with van der Waals surface area (Å²) in [6, 6.07) is 9.53. The molecule has 0 aromatic heterocycles. The van der Waals surface area contributed by atoms with Crippen molar-refractivity contribution in [3.8, 4) is 0 Å². The zero-order chi connectivity index (χ0) is 21.6. The van der Waals surface area contributed by atoms with E-state index in [9.17, 15) is 27.6 Å². The van der Waals surface area contributed by atoms with Gasteiger partial charge < -0.3 is 15.4 Å². The fourth-order valence-corrected chi connectivity index (χ4v) is 2.34. The Hall–Kier alpha value is -3.07. The molecule has 2 N–H and O–H groups in total. The maximum atomic E-state index is 12.7. The number of ether oxygens (including phenoxy) is 1. The number of carbonyl (C=O) groups excluding carboxylic acids is 3. The third-order valence-corrected chi connectivity index (χ3v) is 3.98. The van der Waals surface area contributed by atoms with E-state index in [0.717, 1.165) is 12.1 Å². The molecule has 0 bridgehead atoms. The molecular weight excluding hydrogens is 413 g/mol. The first kappa shape index (κ1) is 22.2. The summed E-state index contributed by atoms with van der Waals surface area (Å²) in [6.07, 6.45) is -4.61. The Morgan fingerprint density at radius 1 is 1.10 bits per heavy atom. The first-order valence-electron chi connectivity index (χ1n) is 8.27. The molecule has 6 nitrogen and oxygen atoms in total. The highest BCUT2D eigenvalue weighted by Gasteiger charge is 2.31. The van der Waals surface area contributed by atoms with Crippen LogP contribution in [0.25, 0.3) is 0 Å². The number of halogens is 4. The molecule has 2 aromatic rings. The van der Waals surface area contributed by atoms with Crippen LogP contribution in [0.2, 0.25) is 5.02 Å². The Bertz CT molecular complexity index is 904. The molecule has 0 aliphatic carbocycles. The van der Waals surface area contributed by atoms with E-state index in [1.54, 1.807) is 30.3 Å². The van der Waals surface area contributed by atoms with E-state index in [1.165, 1.54) is 6.92 Å². The van der Waals surface area contributed by atoms with Crippen molar-refractivity contribution in [3.05, 3.63) is 64.7 Å². The second kappa shape index (κ2) is 9.42. The van der Waals surface area contributed by atoms with Crippen LogP contribution in [-0.2, 0) is 20.5 Å². The van der Waals surface area contributed by atoms with E-state index in [2.05, 4.69) is 10.6 Å². The van der Waals surface area contributed by atoms with Crippen LogP contribution in [-0.4, -0.2) is 30.4 Å². The van der Waals surface area contributed by atoms with Crippen LogP contribution in [0.3, 0.4) is 0 Å². The maximum Gasteiger partial charge on any atom is 0.416 e. The minimum Gasteiger partial charge on any atom is -0.454 e. The Labute approximate surface area is 169 Å². The van der Waals surface area contributed by atoms with Crippen molar-refractivity contribution in [3.63, 3.8) is 0 Å². The summed E-state index contributed by atoms with van der Waals surface area (Å²) in [6.45, 7) is 0.599. The van der Waals surface area contributed by atoms with Crippen molar-refractivity contribution in [1.29, 1.82) is 0 Å². The van der Waals surface area contributed by atoms with Crippen molar-refractivity contribution in [2.24, 2.45) is 0 Å². The maximum absolute atomic E-state index is 12.7. The van der Waals surface area contributed by atoms with Gasteiger partial charge >= 0.3 is 12.1 Å². The highest BCUT2D eigenvalue weighted by Crippen LogP contribution is 2.33. The van der Waals surface area contributed by atoms with Crippen LogP contribution in [0.1, 0.15) is 22.8 Å². The van der Waals surface area contributed by atoms with Crippen molar-refractivity contribution < 1.29 is 32.3 Å². The lowest BCUT2D eigenvalue weighted by atomic mass is 10.2. The first-order chi connectivity index (χ1) is 13.6. The van der Waals surface area contributed by atoms with Gasteiger partial charge in [-0.25, -0.2) is 4.79 Å². The lowest BCUT2D eigenvalue weighted by Crippen LogP contribution is -2.40. The van der Waals surface area contributed by atoms with Gasteiger partial charge in [-0.05, 0) is 37.3 Å². The van der Waals surface area contributed by atoms with E-state index in [1.807, 2.05) is 0 Å². The van der Waals surface area contributed by atoms with Crippen LogP contribution in [0.5, 0.6) is 0 Å². The molecular formula is C19H16ClF3N2O4. The monoisotopic (exact) mass is 428 g/mol. The molecule has 2 amide bonds. The van der Waals surface area contributed by atoms with Gasteiger partial charge in [0.2, 0.25) is 0 Å². The van der Waals surface area contributed by atoms with Crippen LogP contribution in [0, 0.1) is 0 Å². The minimum atomic E-state index is -4.61. The molecule has 0 spiro atoms. The van der Waals surface area contributed by atoms with Crippen LogP contribution in [0.4, 0.5) is 18.9 Å². The first-order valence-corrected chi connectivity index (χ1v) is 8.65. The van der Waals surface area contributed by atoms with Gasteiger partial charge in [0, 0.05) is 5.56 Å². The molecule has 0 saturated carbocycles. The molecule has 0 aliphatic rings. The highest BCUT2D eigenvalue weighted by atomic mass is 35.5. The average molecular weight is 429 g/mol. The zero-order valence-corrected chi connectivity index (χ0v) is 15.8. The fourth-order valence-electron chi connectivity index (χ4n) is 2.17. The number of hydrogen-bond acceptors (Lipinski definition) is 4. The average Bonchev–Trinajstić information content (AvgIpc) is 2.67. The summed E-state index contributed by atoms with van der Waals surface area (Å²) < 4.78 is 43.0. The Morgan fingerprint density at radius 3 is 2.38 bits per heavy atom. The van der Waals surface area contributed by atoms with Gasteiger partial charge in [0.15, 0.2) is 6.61 Å². The number of amides is 2. The lowest BCUT2D eigenvalue weighted by molar-refractivity contribution is -0.148. The number of anilines is 1. The molecule has 1 atom stereocenters. The molecule has 154 valence electrons. The van der Waals surface area contributed by atoms with Crippen molar-refractivity contribution in [2.45, 2.75) is 19.1 Å². The summed E-state index contributed by atoms with van der Waals surface area (Å²) in [5, 5.41) is 4.45. The van der Waals surface area contributed by atoms with Gasteiger partial charge in [-0.1, -0.05) is 29.8 Å². The summed E-state index contributed by atoms with van der Waals surface area (Å²) in [5.41, 5.74) is -0.927.